The maximum Gasteiger partial charge on any atom is 0.231 e. The highest BCUT2D eigenvalue weighted by Gasteiger charge is 2.31. The van der Waals surface area contributed by atoms with Gasteiger partial charge in [0, 0.05) is 19.2 Å². The second kappa shape index (κ2) is 7.18. The predicted octanol–water partition coefficient (Wildman–Crippen LogP) is 0.0190. The topological polar surface area (TPSA) is 95.7 Å². The van der Waals surface area contributed by atoms with Gasteiger partial charge in [-0.05, 0) is 6.07 Å². The Labute approximate surface area is 117 Å². The van der Waals surface area contributed by atoms with E-state index in [9.17, 15) is 4.79 Å². The first-order chi connectivity index (χ1) is 9.70. The smallest absolute Gasteiger partial charge is 0.231 e. The summed E-state index contributed by atoms with van der Waals surface area (Å²) in [6, 6.07) is 3.17. The van der Waals surface area contributed by atoms with Crippen molar-refractivity contribution in [3.05, 3.63) is 18.3 Å². The van der Waals surface area contributed by atoms with Crippen LogP contribution < -0.4 is 15.8 Å². The summed E-state index contributed by atoms with van der Waals surface area (Å²) in [5.41, 5.74) is 6.40. The first-order valence-corrected chi connectivity index (χ1v) is 6.42. The molecule has 0 aliphatic carbocycles. The molecule has 0 saturated carbocycles. The lowest BCUT2D eigenvalue weighted by Crippen LogP contribution is -2.37. The van der Waals surface area contributed by atoms with E-state index >= 15 is 0 Å². The molecular formula is C13H19N3O4. The number of hydrogen-bond acceptors (Lipinski definition) is 6. The number of methoxy groups -OCH3 is 1. The number of ether oxygens (including phenoxy) is 3. The van der Waals surface area contributed by atoms with E-state index in [1.165, 1.54) is 0 Å². The zero-order valence-corrected chi connectivity index (χ0v) is 11.4. The summed E-state index contributed by atoms with van der Waals surface area (Å²) in [7, 11) is 1.60. The molecule has 1 aromatic rings. The molecule has 1 amide bonds. The zero-order chi connectivity index (χ0) is 14.4. The van der Waals surface area contributed by atoms with Gasteiger partial charge in [0.05, 0.1) is 37.6 Å². The number of hydrogen-bond donors (Lipinski definition) is 2. The van der Waals surface area contributed by atoms with Crippen molar-refractivity contribution in [2.24, 2.45) is 11.7 Å². The molecule has 0 aromatic carbocycles. The largest absolute Gasteiger partial charge is 0.475 e. The van der Waals surface area contributed by atoms with Crippen LogP contribution in [-0.4, -0.2) is 50.5 Å². The fraction of sp³-hybridized carbons (Fsp3) is 0.538. The van der Waals surface area contributed by atoms with Gasteiger partial charge < -0.3 is 25.3 Å². The fourth-order valence-corrected chi connectivity index (χ4v) is 1.85. The standard InChI is InChI=1S/C13H19N3O4/c1-18-4-5-20-12-3-2-9(6-15-12)16-13(17)10-7-19-8-11(10)14/h2-3,6,10-11H,4-5,7-8,14H2,1H3,(H,16,17). The molecule has 7 nitrogen and oxygen atoms in total. The molecule has 1 aliphatic heterocycles. The maximum atomic E-state index is 12.0. The molecule has 1 aromatic heterocycles. The number of carbonyl (C=O) groups is 1. The summed E-state index contributed by atoms with van der Waals surface area (Å²) in [5, 5.41) is 2.77. The van der Waals surface area contributed by atoms with Gasteiger partial charge in [-0.25, -0.2) is 4.98 Å². The SMILES string of the molecule is COCCOc1ccc(NC(=O)C2COCC2N)cn1. The second-order valence-electron chi connectivity index (χ2n) is 4.52. The Kier molecular flexibility index (Phi) is 5.28. The number of carbonyl (C=O) groups excluding carboxylic acids is 1. The van der Waals surface area contributed by atoms with Crippen LogP contribution in [0.3, 0.4) is 0 Å². The molecule has 0 spiro atoms. The van der Waals surface area contributed by atoms with Crippen LogP contribution in [0.4, 0.5) is 5.69 Å². The monoisotopic (exact) mass is 281 g/mol. The third kappa shape index (κ3) is 3.89. The van der Waals surface area contributed by atoms with Crippen LogP contribution in [0.1, 0.15) is 0 Å². The number of amides is 1. The van der Waals surface area contributed by atoms with Crippen molar-refractivity contribution < 1.29 is 19.0 Å². The van der Waals surface area contributed by atoms with Crippen molar-refractivity contribution in [1.82, 2.24) is 4.98 Å². The van der Waals surface area contributed by atoms with Crippen molar-refractivity contribution in [2.75, 3.05) is 38.9 Å². The van der Waals surface area contributed by atoms with Crippen LogP contribution in [0, 0.1) is 5.92 Å². The normalized spacial score (nSPS) is 21.7. The summed E-state index contributed by atoms with van der Waals surface area (Å²) in [6.07, 6.45) is 1.54. The van der Waals surface area contributed by atoms with Gasteiger partial charge in [-0.2, -0.15) is 0 Å². The molecule has 3 N–H and O–H groups in total. The van der Waals surface area contributed by atoms with E-state index in [1.807, 2.05) is 0 Å². The van der Waals surface area contributed by atoms with E-state index in [4.69, 9.17) is 19.9 Å². The highest BCUT2D eigenvalue weighted by Crippen LogP contribution is 2.16. The molecule has 0 bridgehead atoms. The molecule has 110 valence electrons. The van der Waals surface area contributed by atoms with Gasteiger partial charge in [-0.3, -0.25) is 4.79 Å². The number of rotatable bonds is 6. The maximum absolute atomic E-state index is 12.0. The van der Waals surface area contributed by atoms with Crippen molar-refractivity contribution in [3.63, 3.8) is 0 Å². The Balaban J connectivity index is 1.85. The second-order valence-corrected chi connectivity index (χ2v) is 4.52. The number of anilines is 1. The van der Waals surface area contributed by atoms with Crippen molar-refractivity contribution in [2.45, 2.75) is 6.04 Å². The number of aromatic nitrogens is 1. The highest BCUT2D eigenvalue weighted by atomic mass is 16.5. The summed E-state index contributed by atoms with van der Waals surface area (Å²) in [5.74, 6) is 0.0263. The van der Waals surface area contributed by atoms with Crippen LogP contribution in [0.2, 0.25) is 0 Å². The van der Waals surface area contributed by atoms with Crippen molar-refractivity contribution in [3.8, 4) is 5.88 Å². The first-order valence-electron chi connectivity index (χ1n) is 6.42. The third-order valence-corrected chi connectivity index (χ3v) is 3.00. The Hall–Kier alpha value is -1.70. The third-order valence-electron chi connectivity index (χ3n) is 3.00. The molecule has 0 radical (unpaired) electrons. The zero-order valence-electron chi connectivity index (χ0n) is 11.4. The Bertz CT molecular complexity index is 438. The van der Waals surface area contributed by atoms with Gasteiger partial charge in [0.1, 0.15) is 6.61 Å². The molecular weight excluding hydrogens is 262 g/mol. The molecule has 2 atom stereocenters. The number of pyridine rings is 1. The van der Waals surface area contributed by atoms with Crippen molar-refractivity contribution in [1.29, 1.82) is 0 Å². The van der Waals surface area contributed by atoms with Crippen LogP contribution >= 0.6 is 0 Å². The first kappa shape index (κ1) is 14.7. The Morgan fingerprint density at radius 1 is 1.50 bits per heavy atom. The average molecular weight is 281 g/mol. The Morgan fingerprint density at radius 2 is 2.35 bits per heavy atom. The van der Waals surface area contributed by atoms with Crippen molar-refractivity contribution >= 4 is 11.6 Å². The van der Waals surface area contributed by atoms with Gasteiger partial charge in [0.15, 0.2) is 0 Å². The van der Waals surface area contributed by atoms with E-state index in [-0.39, 0.29) is 17.9 Å². The lowest BCUT2D eigenvalue weighted by atomic mass is 10.0. The quantitative estimate of drug-likeness (QED) is 0.714. The fourth-order valence-electron chi connectivity index (χ4n) is 1.85. The molecule has 2 heterocycles. The minimum Gasteiger partial charge on any atom is -0.475 e. The van der Waals surface area contributed by atoms with E-state index < -0.39 is 0 Å². The molecule has 1 saturated heterocycles. The minimum atomic E-state index is -0.312. The number of nitrogens with one attached hydrogen (secondary N) is 1. The van der Waals surface area contributed by atoms with Crippen LogP contribution in [0.25, 0.3) is 0 Å². The van der Waals surface area contributed by atoms with Gasteiger partial charge in [0.2, 0.25) is 11.8 Å². The predicted molar refractivity (Wildman–Crippen MR) is 72.5 cm³/mol. The summed E-state index contributed by atoms with van der Waals surface area (Å²) in [4.78, 5) is 16.1. The van der Waals surface area contributed by atoms with Gasteiger partial charge in [0.25, 0.3) is 0 Å². The van der Waals surface area contributed by atoms with E-state index in [0.29, 0.717) is 38.0 Å². The van der Waals surface area contributed by atoms with Gasteiger partial charge in [-0.15, -0.1) is 0 Å². The summed E-state index contributed by atoms with van der Waals surface area (Å²) >= 11 is 0. The minimum absolute atomic E-state index is 0.148. The van der Waals surface area contributed by atoms with Gasteiger partial charge >= 0.3 is 0 Å². The Morgan fingerprint density at radius 3 is 2.95 bits per heavy atom. The molecule has 20 heavy (non-hydrogen) atoms. The van der Waals surface area contributed by atoms with Crippen LogP contribution in [0.5, 0.6) is 5.88 Å². The molecule has 2 rings (SSSR count). The average Bonchev–Trinajstić information content (AvgIpc) is 2.87. The number of nitrogens with two attached hydrogens (primary N) is 1. The summed E-state index contributed by atoms with van der Waals surface area (Å²) < 4.78 is 15.4. The lowest BCUT2D eigenvalue weighted by molar-refractivity contribution is -0.120. The van der Waals surface area contributed by atoms with Crippen LogP contribution in [-0.2, 0) is 14.3 Å². The van der Waals surface area contributed by atoms with E-state index in [1.54, 1.807) is 25.4 Å². The summed E-state index contributed by atoms with van der Waals surface area (Å²) in [6.45, 7) is 1.71. The van der Waals surface area contributed by atoms with E-state index in [2.05, 4.69) is 10.3 Å². The molecule has 1 fully saturated rings. The molecule has 1 aliphatic rings. The van der Waals surface area contributed by atoms with Gasteiger partial charge in [-0.1, -0.05) is 0 Å². The highest BCUT2D eigenvalue weighted by molar-refractivity contribution is 5.93. The van der Waals surface area contributed by atoms with Crippen LogP contribution in [0.15, 0.2) is 18.3 Å². The molecule has 2 unspecified atom stereocenters. The molecule has 7 heteroatoms. The number of nitrogens with zero attached hydrogens (tertiary/aromatic N) is 1. The van der Waals surface area contributed by atoms with E-state index in [0.717, 1.165) is 0 Å². The lowest BCUT2D eigenvalue weighted by Gasteiger charge is -2.13.